The van der Waals surface area contributed by atoms with Gasteiger partial charge in [-0.2, -0.15) is 0 Å². The molecule has 0 aliphatic carbocycles. The SMILES string of the molecule is C[P+](CCCCCCN)(c1ccccc1)c1ccccc1. The van der Waals surface area contributed by atoms with Gasteiger partial charge in [0.25, 0.3) is 0 Å². The quantitative estimate of drug-likeness (QED) is 0.582. The second kappa shape index (κ2) is 8.32. The summed E-state index contributed by atoms with van der Waals surface area (Å²) in [7, 11) is -1.25. The Morgan fingerprint density at radius 1 is 0.714 bits per heavy atom. The lowest BCUT2D eigenvalue weighted by molar-refractivity contribution is 0.676. The third-order valence-corrected chi connectivity index (χ3v) is 8.30. The number of unbranched alkanes of at least 4 members (excludes halogenated alkanes) is 3. The first kappa shape index (κ1) is 16.2. The highest BCUT2D eigenvalue weighted by Gasteiger charge is 2.36. The van der Waals surface area contributed by atoms with Crippen LogP contribution in [0.3, 0.4) is 0 Å². The van der Waals surface area contributed by atoms with E-state index in [-0.39, 0.29) is 0 Å². The molecular formula is C19H27NP+. The standard InChI is InChI=1S/C19H27NP/c1-21(17-11-3-2-10-16-20,18-12-6-4-7-13-18)19-14-8-5-9-15-19/h4-9,12-15H,2-3,10-11,16-17,20H2,1H3/q+1. The van der Waals surface area contributed by atoms with E-state index in [1.807, 2.05) is 0 Å². The smallest absolute Gasteiger partial charge is 0.0988 e. The van der Waals surface area contributed by atoms with Crippen LogP contribution in [0, 0.1) is 0 Å². The summed E-state index contributed by atoms with van der Waals surface area (Å²) in [6.45, 7) is 3.31. The Kier molecular flexibility index (Phi) is 6.42. The van der Waals surface area contributed by atoms with E-state index >= 15 is 0 Å². The van der Waals surface area contributed by atoms with Crippen molar-refractivity contribution in [1.29, 1.82) is 0 Å². The molecule has 2 aromatic rings. The lowest BCUT2D eigenvalue weighted by Crippen LogP contribution is -2.23. The molecule has 0 saturated heterocycles. The normalized spacial score (nSPS) is 11.5. The van der Waals surface area contributed by atoms with Gasteiger partial charge in [0.15, 0.2) is 0 Å². The van der Waals surface area contributed by atoms with E-state index in [0.29, 0.717) is 0 Å². The van der Waals surface area contributed by atoms with Crippen LogP contribution in [0.4, 0.5) is 0 Å². The summed E-state index contributed by atoms with van der Waals surface area (Å²) in [5, 5.41) is 3.05. The highest BCUT2D eigenvalue weighted by molar-refractivity contribution is 7.88. The number of hydrogen-bond donors (Lipinski definition) is 1. The van der Waals surface area contributed by atoms with Gasteiger partial charge in [-0.25, -0.2) is 0 Å². The molecule has 0 heterocycles. The zero-order valence-corrected chi connectivity index (χ0v) is 13.9. The first-order valence-electron chi connectivity index (χ1n) is 7.94. The van der Waals surface area contributed by atoms with Crippen molar-refractivity contribution in [2.24, 2.45) is 5.73 Å². The molecule has 0 atom stereocenters. The zero-order chi connectivity index (χ0) is 15.0. The highest BCUT2D eigenvalue weighted by Crippen LogP contribution is 2.53. The van der Waals surface area contributed by atoms with Crippen LogP contribution >= 0.6 is 7.26 Å². The van der Waals surface area contributed by atoms with Crippen molar-refractivity contribution in [1.82, 2.24) is 0 Å². The number of nitrogens with two attached hydrogens (primary N) is 1. The molecule has 2 heteroatoms. The van der Waals surface area contributed by atoms with Crippen molar-refractivity contribution < 1.29 is 0 Å². The third kappa shape index (κ3) is 4.40. The van der Waals surface area contributed by atoms with Gasteiger partial charge in [-0.15, -0.1) is 0 Å². The minimum Gasteiger partial charge on any atom is -0.330 e. The summed E-state index contributed by atoms with van der Waals surface area (Å²) in [6, 6.07) is 22.1. The lowest BCUT2D eigenvalue weighted by Gasteiger charge is -2.23. The molecule has 21 heavy (non-hydrogen) atoms. The number of benzene rings is 2. The van der Waals surface area contributed by atoms with Gasteiger partial charge in [-0.3, -0.25) is 0 Å². The molecule has 0 amide bonds. The molecule has 0 saturated carbocycles. The molecule has 0 aromatic heterocycles. The van der Waals surface area contributed by atoms with E-state index in [1.165, 1.54) is 36.0 Å². The van der Waals surface area contributed by atoms with Gasteiger partial charge < -0.3 is 5.73 Å². The van der Waals surface area contributed by atoms with Gasteiger partial charge in [-0.05, 0) is 50.1 Å². The molecular weight excluding hydrogens is 273 g/mol. The van der Waals surface area contributed by atoms with Crippen molar-refractivity contribution in [2.75, 3.05) is 19.4 Å². The van der Waals surface area contributed by atoms with Crippen LogP contribution in [-0.2, 0) is 0 Å². The number of rotatable bonds is 8. The van der Waals surface area contributed by atoms with E-state index in [4.69, 9.17) is 5.73 Å². The molecule has 0 unspecified atom stereocenters. The monoisotopic (exact) mass is 300 g/mol. The van der Waals surface area contributed by atoms with E-state index in [0.717, 1.165) is 13.0 Å². The summed E-state index contributed by atoms with van der Waals surface area (Å²) in [4.78, 5) is 0. The second-order valence-corrected chi connectivity index (χ2v) is 9.65. The fraction of sp³-hybridized carbons (Fsp3) is 0.368. The number of hydrogen-bond acceptors (Lipinski definition) is 1. The van der Waals surface area contributed by atoms with Gasteiger partial charge in [-0.1, -0.05) is 42.8 Å². The van der Waals surface area contributed by atoms with Crippen molar-refractivity contribution in [3.63, 3.8) is 0 Å². The Morgan fingerprint density at radius 3 is 1.67 bits per heavy atom. The highest BCUT2D eigenvalue weighted by atomic mass is 31.2. The average Bonchev–Trinajstić information content (AvgIpc) is 2.56. The zero-order valence-electron chi connectivity index (χ0n) is 13.0. The van der Waals surface area contributed by atoms with Crippen LogP contribution in [0.5, 0.6) is 0 Å². The Labute approximate surface area is 129 Å². The molecule has 0 aliphatic rings. The Hall–Kier alpha value is -1.17. The first-order valence-corrected chi connectivity index (χ1v) is 10.4. The van der Waals surface area contributed by atoms with Crippen molar-refractivity contribution >= 4 is 17.9 Å². The van der Waals surface area contributed by atoms with Gasteiger partial charge in [0.2, 0.25) is 0 Å². The van der Waals surface area contributed by atoms with Crippen LogP contribution in [0.15, 0.2) is 60.7 Å². The molecule has 0 fully saturated rings. The molecule has 0 radical (unpaired) electrons. The van der Waals surface area contributed by atoms with Gasteiger partial charge in [0.05, 0.1) is 30.7 Å². The first-order chi connectivity index (χ1) is 10.3. The lowest BCUT2D eigenvalue weighted by atomic mass is 10.2. The Bertz CT molecular complexity index is 470. The molecule has 0 spiro atoms. The largest absolute Gasteiger partial charge is 0.330 e. The van der Waals surface area contributed by atoms with E-state index in [9.17, 15) is 0 Å². The summed E-state index contributed by atoms with van der Waals surface area (Å²) >= 11 is 0. The van der Waals surface area contributed by atoms with Crippen LogP contribution in [-0.4, -0.2) is 19.4 Å². The Morgan fingerprint density at radius 2 is 1.19 bits per heavy atom. The molecule has 1 nitrogen and oxygen atoms in total. The molecule has 112 valence electrons. The fourth-order valence-electron chi connectivity index (χ4n) is 2.85. The predicted molar refractivity (Wildman–Crippen MR) is 97.4 cm³/mol. The summed E-state index contributed by atoms with van der Waals surface area (Å²) < 4.78 is 0. The maximum Gasteiger partial charge on any atom is 0.0988 e. The van der Waals surface area contributed by atoms with Gasteiger partial charge >= 0.3 is 0 Å². The minimum atomic E-state index is -1.25. The fourth-order valence-corrected chi connectivity index (χ4v) is 6.18. The van der Waals surface area contributed by atoms with Gasteiger partial charge in [0.1, 0.15) is 0 Å². The summed E-state index contributed by atoms with van der Waals surface area (Å²) in [6.07, 6.45) is 6.32. The van der Waals surface area contributed by atoms with E-state index in [2.05, 4.69) is 67.3 Å². The second-order valence-electron chi connectivity index (χ2n) is 5.79. The van der Waals surface area contributed by atoms with Crippen LogP contribution < -0.4 is 16.3 Å². The molecule has 0 bridgehead atoms. The molecule has 0 aliphatic heterocycles. The van der Waals surface area contributed by atoms with Crippen LogP contribution in [0.2, 0.25) is 0 Å². The van der Waals surface area contributed by atoms with Gasteiger partial charge in [0, 0.05) is 0 Å². The molecule has 2 N–H and O–H groups in total. The van der Waals surface area contributed by atoms with Crippen molar-refractivity contribution in [2.45, 2.75) is 25.7 Å². The van der Waals surface area contributed by atoms with Crippen molar-refractivity contribution in [3.8, 4) is 0 Å². The molecule has 2 rings (SSSR count). The van der Waals surface area contributed by atoms with Crippen LogP contribution in [0.1, 0.15) is 25.7 Å². The molecule has 2 aromatic carbocycles. The van der Waals surface area contributed by atoms with E-state index in [1.54, 1.807) is 0 Å². The Balaban J connectivity index is 2.15. The maximum absolute atomic E-state index is 5.59. The van der Waals surface area contributed by atoms with Crippen LogP contribution in [0.25, 0.3) is 0 Å². The minimum absolute atomic E-state index is 0.823. The third-order valence-electron chi connectivity index (χ3n) is 4.21. The summed E-state index contributed by atoms with van der Waals surface area (Å²) in [5.74, 6) is 0. The van der Waals surface area contributed by atoms with E-state index < -0.39 is 7.26 Å². The average molecular weight is 300 g/mol. The maximum atomic E-state index is 5.59. The van der Waals surface area contributed by atoms with Crippen molar-refractivity contribution in [3.05, 3.63) is 60.7 Å². The topological polar surface area (TPSA) is 26.0 Å². The summed E-state index contributed by atoms with van der Waals surface area (Å²) in [5.41, 5.74) is 5.59. The predicted octanol–water partition coefficient (Wildman–Crippen LogP) is 3.80.